The maximum absolute atomic E-state index is 12.9. The molecule has 1 atom stereocenters. The number of hydrogen-bond acceptors (Lipinski definition) is 2. The lowest BCUT2D eigenvalue weighted by Gasteiger charge is -2.10. The van der Waals surface area contributed by atoms with Gasteiger partial charge in [-0.25, -0.2) is 4.39 Å². The predicted molar refractivity (Wildman–Crippen MR) is 64.0 cm³/mol. The van der Waals surface area contributed by atoms with Crippen molar-refractivity contribution in [2.75, 3.05) is 6.54 Å². The highest BCUT2D eigenvalue weighted by molar-refractivity contribution is 5.78. The predicted octanol–water partition coefficient (Wildman–Crippen LogP) is 1.65. The highest BCUT2D eigenvalue weighted by Gasteiger charge is 2.07. The van der Waals surface area contributed by atoms with Crippen LogP contribution in [0.2, 0.25) is 0 Å². The van der Waals surface area contributed by atoms with Crippen molar-refractivity contribution in [3.63, 3.8) is 0 Å². The summed E-state index contributed by atoms with van der Waals surface area (Å²) in [5, 5.41) is 12.1. The molecule has 0 saturated carbocycles. The van der Waals surface area contributed by atoms with Crippen LogP contribution in [0.4, 0.5) is 4.39 Å². The number of halogens is 1. The van der Waals surface area contributed by atoms with Gasteiger partial charge in [-0.15, -0.1) is 0 Å². The van der Waals surface area contributed by atoms with E-state index in [0.717, 1.165) is 6.42 Å². The first-order chi connectivity index (χ1) is 8.11. The molecule has 1 amide bonds. The normalized spacial score (nSPS) is 12.2. The van der Waals surface area contributed by atoms with Gasteiger partial charge in [0.25, 0.3) is 0 Å². The molecule has 0 bridgehead atoms. The van der Waals surface area contributed by atoms with Gasteiger partial charge in [0.05, 0.1) is 12.5 Å². The number of carbonyl (C=O) groups is 1. The number of nitrogens with one attached hydrogen (secondary N) is 1. The summed E-state index contributed by atoms with van der Waals surface area (Å²) in [6, 6.07) is 5.95. The molecule has 0 spiro atoms. The summed E-state index contributed by atoms with van der Waals surface area (Å²) in [5.41, 5.74) is 0.632. The first kappa shape index (κ1) is 13.6. The van der Waals surface area contributed by atoms with Gasteiger partial charge < -0.3 is 10.4 Å². The fraction of sp³-hybridized carbons (Fsp3) is 0.462. The second-order valence-corrected chi connectivity index (χ2v) is 4.05. The van der Waals surface area contributed by atoms with E-state index in [1.165, 1.54) is 12.1 Å². The zero-order chi connectivity index (χ0) is 12.7. The molecule has 0 saturated heterocycles. The number of rotatable bonds is 6. The van der Waals surface area contributed by atoms with E-state index in [0.29, 0.717) is 12.0 Å². The third-order valence-electron chi connectivity index (χ3n) is 2.41. The molecular formula is C13H18FNO2. The SMILES string of the molecule is CCCC(O)CNC(=O)Cc1cccc(F)c1. The van der Waals surface area contributed by atoms with Crippen LogP contribution in [-0.4, -0.2) is 23.7 Å². The van der Waals surface area contributed by atoms with Gasteiger partial charge in [-0.2, -0.15) is 0 Å². The van der Waals surface area contributed by atoms with Crippen LogP contribution in [0.15, 0.2) is 24.3 Å². The molecule has 94 valence electrons. The summed E-state index contributed by atoms with van der Waals surface area (Å²) in [5.74, 6) is -0.549. The quantitative estimate of drug-likeness (QED) is 0.793. The van der Waals surface area contributed by atoms with Gasteiger partial charge in [0.2, 0.25) is 5.91 Å². The molecule has 3 nitrogen and oxygen atoms in total. The van der Waals surface area contributed by atoms with E-state index in [1.54, 1.807) is 12.1 Å². The molecule has 1 rings (SSSR count). The minimum Gasteiger partial charge on any atom is -0.391 e. The lowest BCUT2D eigenvalue weighted by atomic mass is 10.1. The molecule has 0 fully saturated rings. The lowest BCUT2D eigenvalue weighted by molar-refractivity contribution is -0.120. The van der Waals surface area contributed by atoms with Crippen LogP contribution in [-0.2, 0) is 11.2 Å². The van der Waals surface area contributed by atoms with Gasteiger partial charge in [-0.05, 0) is 24.1 Å². The number of aliphatic hydroxyl groups is 1. The zero-order valence-electron chi connectivity index (χ0n) is 9.95. The number of benzene rings is 1. The van der Waals surface area contributed by atoms with E-state index in [1.807, 2.05) is 6.92 Å². The summed E-state index contributed by atoms with van der Waals surface area (Å²) in [7, 11) is 0. The van der Waals surface area contributed by atoms with Crippen molar-refractivity contribution in [1.82, 2.24) is 5.32 Å². The Hall–Kier alpha value is -1.42. The molecule has 17 heavy (non-hydrogen) atoms. The topological polar surface area (TPSA) is 49.3 Å². The van der Waals surface area contributed by atoms with Crippen LogP contribution in [0.3, 0.4) is 0 Å². The molecule has 0 heterocycles. The Morgan fingerprint density at radius 3 is 2.94 bits per heavy atom. The number of aliphatic hydroxyl groups excluding tert-OH is 1. The third kappa shape index (κ3) is 5.45. The molecule has 1 unspecified atom stereocenters. The van der Waals surface area contributed by atoms with E-state index in [2.05, 4.69) is 5.32 Å². The first-order valence-corrected chi connectivity index (χ1v) is 5.81. The van der Waals surface area contributed by atoms with Gasteiger partial charge in [-0.3, -0.25) is 4.79 Å². The van der Waals surface area contributed by atoms with Crippen molar-refractivity contribution < 1.29 is 14.3 Å². The van der Waals surface area contributed by atoms with Gasteiger partial charge in [0.15, 0.2) is 0 Å². The van der Waals surface area contributed by atoms with Crippen LogP contribution in [0.1, 0.15) is 25.3 Å². The molecule has 2 N–H and O–H groups in total. The molecule has 0 aliphatic rings. The fourth-order valence-corrected chi connectivity index (χ4v) is 1.56. The smallest absolute Gasteiger partial charge is 0.224 e. The zero-order valence-corrected chi connectivity index (χ0v) is 9.95. The Labute approximate surface area is 101 Å². The molecule has 0 aromatic heterocycles. The van der Waals surface area contributed by atoms with E-state index >= 15 is 0 Å². The Bertz CT molecular complexity index is 368. The van der Waals surface area contributed by atoms with Crippen molar-refractivity contribution in [2.45, 2.75) is 32.3 Å². The van der Waals surface area contributed by atoms with Gasteiger partial charge in [0, 0.05) is 6.54 Å². The Morgan fingerprint density at radius 1 is 1.53 bits per heavy atom. The van der Waals surface area contributed by atoms with E-state index in [-0.39, 0.29) is 24.7 Å². The summed E-state index contributed by atoms with van der Waals surface area (Å²) < 4.78 is 12.9. The summed E-state index contributed by atoms with van der Waals surface area (Å²) in [6.07, 6.45) is 1.18. The van der Waals surface area contributed by atoms with E-state index < -0.39 is 6.10 Å². The Balaban J connectivity index is 2.34. The average Bonchev–Trinajstić information content (AvgIpc) is 2.27. The minimum atomic E-state index is -0.503. The second kappa shape index (κ2) is 7.01. The largest absolute Gasteiger partial charge is 0.391 e. The standard InChI is InChI=1S/C13H18FNO2/c1-2-4-12(16)9-15-13(17)8-10-5-3-6-11(14)7-10/h3,5-7,12,16H,2,4,8-9H2,1H3,(H,15,17). The molecule has 1 aromatic carbocycles. The van der Waals surface area contributed by atoms with Crippen LogP contribution in [0, 0.1) is 5.82 Å². The van der Waals surface area contributed by atoms with Gasteiger partial charge in [0.1, 0.15) is 5.82 Å². The molecule has 0 aliphatic heterocycles. The summed E-state index contributed by atoms with van der Waals surface area (Å²) >= 11 is 0. The van der Waals surface area contributed by atoms with Crippen LogP contribution in [0.5, 0.6) is 0 Å². The van der Waals surface area contributed by atoms with Crippen LogP contribution in [0.25, 0.3) is 0 Å². The molecule has 0 aliphatic carbocycles. The van der Waals surface area contributed by atoms with E-state index in [9.17, 15) is 14.3 Å². The van der Waals surface area contributed by atoms with E-state index in [4.69, 9.17) is 0 Å². The maximum atomic E-state index is 12.9. The van der Waals surface area contributed by atoms with Gasteiger partial charge >= 0.3 is 0 Å². The molecule has 1 aromatic rings. The average molecular weight is 239 g/mol. The van der Waals surface area contributed by atoms with Crippen molar-refractivity contribution in [3.8, 4) is 0 Å². The molecule has 4 heteroatoms. The maximum Gasteiger partial charge on any atom is 0.224 e. The monoisotopic (exact) mass is 239 g/mol. The Kier molecular flexibility index (Phi) is 5.63. The number of hydrogen-bond donors (Lipinski definition) is 2. The van der Waals surface area contributed by atoms with Crippen molar-refractivity contribution in [2.24, 2.45) is 0 Å². The molecular weight excluding hydrogens is 221 g/mol. The van der Waals surface area contributed by atoms with Crippen molar-refractivity contribution >= 4 is 5.91 Å². The first-order valence-electron chi connectivity index (χ1n) is 5.81. The number of amides is 1. The Morgan fingerprint density at radius 2 is 2.29 bits per heavy atom. The number of carbonyl (C=O) groups excluding carboxylic acids is 1. The third-order valence-corrected chi connectivity index (χ3v) is 2.41. The van der Waals surface area contributed by atoms with Crippen LogP contribution >= 0.6 is 0 Å². The minimum absolute atomic E-state index is 0.136. The molecule has 0 radical (unpaired) electrons. The van der Waals surface area contributed by atoms with Crippen molar-refractivity contribution in [1.29, 1.82) is 0 Å². The van der Waals surface area contributed by atoms with Crippen molar-refractivity contribution in [3.05, 3.63) is 35.6 Å². The highest BCUT2D eigenvalue weighted by atomic mass is 19.1. The fourth-order valence-electron chi connectivity index (χ4n) is 1.56. The highest BCUT2D eigenvalue weighted by Crippen LogP contribution is 2.04. The van der Waals surface area contributed by atoms with Gasteiger partial charge in [-0.1, -0.05) is 25.5 Å². The van der Waals surface area contributed by atoms with Crippen LogP contribution < -0.4 is 5.32 Å². The summed E-state index contributed by atoms with van der Waals surface area (Å²) in [6.45, 7) is 2.22. The summed E-state index contributed by atoms with van der Waals surface area (Å²) in [4.78, 5) is 11.5. The lowest BCUT2D eigenvalue weighted by Crippen LogP contribution is -2.33. The second-order valence-electron chi connectivity index (χ2n) is 4.05.